The van der Waals surface area contributed by atoms with Crippen LogP contribution >= 0.6 is 0 Å². The average molecular weight is 376 g/mol. The van der Waals surface area contributed by atoms with Crippen LogP contribution in [0.4, 0.5) is 0 Å². The zero-order valence-electron chi connectivity index (χ0n) is 16.1. The summed E-state index contributed by atoms with van der Waals surface area (Å²) < 4.78 is 10.2. The van der Waals surface area contributed by atoms with Crippen molar-refractivity contribution in [3.05, 3.63) is 30.3 Å². The Morgan fingerprint density at radius 3 is 2.33 bits per heavy atom. The highest BCUT2D eigenvalue weighted by Gasteiger charge is 2.31. The summed E-state index contributed by atoms with van der Waals surface area (Å²) in [7, 11) is 1.31. The summed E-state index contributed by atoms with van der Waals surface area (Å²) >= 11 is 0. The fraction of sp³-hybridized carbons (Fsp3) is 0.550. The van der Waals surface area contributed by atoms with Gasteiger partial charge in [-0.2, -0.15) is 0 Å². The van der Waals surface area contributed by atoms with E-state index in [4.69, 9.17) is 9.47 Å². The molecule has 0 unspecified atom stereocenters. The van der Waals surface area contributed by atoms with Gasteiger partial charge in [-0.1, -0.05) is 32.0 Å². The Bertz CT molecular complexity index is 639. The second kappa shape index (κ2) is 9.94. The fourth-order valence-corrected chi connectivity index (χ4v) is 3.04. The Kier molecular flexibility index (Phi) is 7.64. The standard InChI is InChI=1S/C20H28N2O5/c1-14(2)18(20(25)26-3)21-19(24)15-9-11-22(12-10-15)17(23)13-27-16-7-5-4-6-8-16/h4-8,14-15,18H,9-13H2,1-3H3,(H,21,24)/t18-/m0/s1. The number of carbonyl (C=O) groups is 3. The number of benzene rings is 1. The number of likely N-dealkylation sites (tertiary alicyclic amines) is 1. The third-order valence-corrected chi connectivity index (χ3v) is 4.74. The second-order valence-electron chi connectivity index (χ2n) is 7.01. The third-order valence-electron chi connectivity index (χ3n) is 4.74. The van der Waals surface area contributed by atoms with Gasteiger partial charge in [0.2, 0.25) is 5.91 Å². The molecule has 1 aromatic carbocycles. The van der Waals surface area contributed by atoms with Crippen LogP contribution in [0.3, 0.4) is 0 Å². The van der Waals surface area contributed by atoms with Crippen molar-refractivity contribution in [2.75, 3.05) is 26.8 Å². The number of hydrogen-bond acceptors (Lipinski definition) is 5. The van der Waals surface area contributed by atoms with Crippen molar-refractivity contribution in [3.63, 3.8) is 0 Å². The van der Waals surface area contributed by atoms with Crippen molar-refractivity contribution >= 4 is 17.8 Å². The minimum atomic E-state index is -0.651. The van der Waals surface area contributed by atoms with Crippen molar-refractivity contribution in [2.45, 2.75) is 32.7 Å². The number of hydrogen-bond donors (Lipinski definition) is 1. The van der Waals surface area contributed by atoms with Crippen molar-refractivity contribution in [2.24, 2.45) is 11.8 Å². The van der Waals surface area contributed by atoms with Crippen molar-refractivity contribution in [3.8, 4) is 5.75 Å². The van der Waals surface area contributed by atoms with Gasteiger partial charge in [0.15, 0.2) is 6.61 Å². The maximum absolute atomic E-state index is 12.5. The number of nitrogens with zero attached hydrogens (tertiary/aromatic N) is 1. The Morgan fingerprint density at radius 1 is 1.15 bits per heavy atom. The van der Waals surface area contributed by atoms with Gasteiger partial charge in [0.05, 0.1) is 7.11 Å². The van der Waals surface area contributed by atoms with Crippen LogP contribution in [0.15, 0.2) is 30.3 Å². The molecule has 7 heteroatoms. The molecular formula is C20H28N2O5. The highest BCUT2D eigenvalue weighted by atomic mass is 16.5. The van der Waals surface area contributed by atoms with Gasteiger partial charge in [-0.3, -0.25) is 9.59 Å². The fourth-order valence-electron chi connectivity index (χ4n) is 3.04. The van der Waals surface area contributed by atoms with Crippen molar-refractivity contribution < 1.29 is 23.9 Å². The Balaban J connectivity index is 1.79. The van der Waals surface area contributed by atoms with E-state index < -0.39 is 12.0 Å². The maximum atomic E-state index is 12.5. The zero-order chi connectivity index (χ0) is 19.8. The molecule has 0 radical (unpaired) electrons. The second-order valence-corrected chi connectivity index (χ2v) is 7.01. The van der Waals surface area contributed by atoms with Crippen molar-refractivity contribution in [1.82, 2.24) is 10.2 Å². The van der Waals surface area contributed by atoms with Gasteiger partial charge in [-0.25, -0.2) is 4.79 Å². The smallest absolute Gasteiger partial charge is 0.328 e. The van der Waals surface area contributed by atoms with Gasteiger partial charge in [-0.15, -0.1) is 0 Å². The Labute approximate surface area is 160 Å². The van der Waals surface area contributed by atoms with Crippen LogP contribution in [0.1, 0.15) is 26.7 Å². The molecule has 1 aliphatic rings. The van der Waals surface area contributed by atoms with E-state index in [1.165, 1.54) is 7.11 Å². The lowest BCUT2D eigenvalue weighted by molar-refractivity contribution is -0.147. The average Bonchev–Trinajstić information content (AvgIpc) is 2.70. The van der Waals surface area contributed by atoms with E-state index in [9.17, 15) is 14.4 Å². The molecule has 1 aliphatic heterocycles. The number of rotatable bonds is 7. The lowest BCUT2D eigenvalue weighted by Gasteiger charge is -2.32. The van der Waals surface area contributed by atoms with E-state index in [0.717, 1.165) is 0 Å². The van der Waals surface area contributed by atoms with Crippen LogP contribution in [-0.4, -0.2) is 55.5 Å². The molecule has 1 atom stereocenters. The van der Waals surface area contributed by atoms with Gasteiger partial charge in [0, 0.05) is 19.0 Å². The molecule has 1 N–H and O–H groups in total. The molecule has 7 nitrogen and oxygen atoms in total. The molecule has 1 heterocycles. The van der Waals surface area contributed by atoms with Gasteiger partial charge < -0.3 is 19.7 Å². The normalized spacial score (nSPS) is 15.9. The number of esters is 1. The largest absolute Gasteiger partial charge is 0.484 e. The lowest BCUT2D eigenvalue weighted by Crippen LogP contribution is -2.50. The minimum Gasteiger partial charge on any atom is -0.484 e. The summed E-state index contributed by atoms with van der Waals surface area (Å²) in [5.41, 5.74) is 0. The highest BCUT2D eigenvalue weighted by molar-refractivity contribution is 5.86. The predicted octanol–water partition coefficient (Wildman–Crippen LogP) is 1.62. The number of nitrogens with one attached hydrogen (secondary N) is 1. The Morgan fingerprint density at radius 2 is 1.78 bits per heavy atom. The topological polar surface area (TPSA) is 84.9 Å². The van der Waals surface area contributed by atoms with E-state index in [1.54, 1.807) is 17.0 Å². The summed E-state index contributed by atoms with van der Waals surface area (Å²) in [6.45, 7) is 4.70. The summed E-state index contributed by atoms with van der Waals surface area (Å²) in [6, 6.07) is 8.54. The lowest BCUT2D eigenvalue weighted by atomic mass is 9.94. The van der Waals surface area contributed by atoms with E-state index >= 15 is 0 Å². The maximum Gasteiger partial charge on any atom is 0.328 e. The number of piperidine rings is 1. The third kappa shape index (κ3) is 5.98. The first-order chi connectivity index (χ1) is 12.9. The number of methoxy groups -OCH3 is 1. The molecule has 0 bridgehead atoms. The van der Waals surface area contributed by atoms with Crippen LogP contribution in [-0.2, 0) is 19.1 Å². The molecule has 2 amide bonds. The van der Waals surface area contributed by atoms with E-state index in [-0.39, 0.29) is 30.3 Å². The van der Waals surface area contributed by atoms with Crippen LogP contribution in [0, 0.1) is 11.8 Å². The van der Waals surface area contributed by atoms with Gasteiger partial charge >= 0.3 is 5.97 Å². The Hall–Kier alpha value is -2.57. The van der Waals surface area contributed by atoms with Crippen LogP contribution < -0.4 is 10.1 Å². The summed E-state index contributed by atoms with van der Waals surface area (Å²) in [5.74, 6) is -0.307. The summed E-state index contributed by atoms with van der Waals surface area (Å²) in [4.78, 5) is 38.3. The quantitative estimate of drug-likeness (QED) is 0.731. The first-order valence-electron chi connectivity index (χ1n) is 9.26. The number of amides is 2. The SMILES string of the molecule is COC(=O)[C@@H](NC(=O)C1CCN(C(=O)COc2ccccc2)CC1)C(C)C. The molecular weight excluding hydrogens is 348 g/mol. The monoisotopic (exact) mass is 376 g/mol. The molecule has 1 fully saturated rings. The molecule has 0 aliphatic carbocycles. The minimum absolute atomic E-state index is 0.0152. The van der Waals surface area contributed by atoms with Crippen LogP contribution in [0.5, 0.6) is 5.75 Å². The van der Waals surface area contributed by atoms with Gasteiger partial charge in [0.1, 0.15) is 11.8 Å². The van der Waals surface area contributed by atoms with Gasteiger partial charge in [-0.05, 0) is 30.9 Å². The van der Waals surface area contributed by atoms with E-state index in [0.29, 0.717) is 31.7 Å². The summed E-state index contributed by atoms with van der Waals surface area (Å²) in [5, 5.41) is 2.79. The first-order valence-corrected chi connectivity index (χ1v) is 9.26. The highest BCUT2D eigenvalue weighted by Crippen LogP contribution is 2.19. The number of carbonyl (C=O) groups excluding carboxylic acids is 3. The van der Waals surface area contributed by atoms with E-state index in [1.807, 2.05) is 32.0 Å². The first kappa shape index (κ1) is 20.7. The molecule has 1 saturated heterocycles. The number of ether oxygens (including phenoxy) is 2. The molecule has 0 saturated carbocycles. The summed E-state index contributed by atoms with van der Waals surface area (Å²) in [6.07, 6.45) is 1.13. The van der Waals surface area contributed by atoms with Crippen LogP contribution in [0.2, 0.25) is 0 Å². The van der Waals surface area contributed by atoms with Crippen LogP contribution in [0.25, 0.3) is 0 Å². The molecule has 0 spiro atoms. The predicted molar refractivity (Wildman–Crippen MR) is 100 cm³/mol. The van der Waals surface area contributed by atoms with E-state index in [2.05, 4.69) is 5.32 Å². The molecule has 2 rings (SSSR count). The molecule has 1 aromatic rings. The van der Waals surface area contributed by atoms with Gasteiger partial charge in [0.25, 0.3) is 5.91 Å². The molecule has 148 valence electrons. The van der Waals surface area contributed by atoms with Crippen molar-refractivity contribution in [1.29, 1.82) is 0 Å². The molecule has 0 aromatic heterocycles. The molecule has 27 heavy (non-hydrogen) atoms. The number of para-hydroxylation sites is 1. The zero-order valence-corrected chi connectivity index (χ0v) is 16.1.